The summed E-state index contributed by atoms with van der Waals surface area (Å²) in [5.74, 6) is 2.19. The Hall–Kier alpha value is -1.15. The van der Waals surface area contributed by atoms with Crippen molar-refractivity contribution >= 4 is 5.78 Å². The van der Waals surface area contributed by atoms with E-state index in [0.29, 0.717) is 24.0 Å². The summed E-state index contributed by atoms with van der Waals surface area (Å²) in [5.41, 5.74) is 1.27. The minimum Gasteiger partial charge on any atom is -0.357 e. The molecule has 1 aromatic rings. The Balaban J connectivity index is 1.43. The second-order valence-corrected chi connectivity index (χ2v) is 7.94. The third kappa shape index (κ3) is 2.76. The van der Waals surface area contributed by atoms with E-state index in [9.17, 15) is 4.79 Å². The van der Waals surface area contributed by atoms with Crippen LogP contribution in [0.25, 0.3) is 0 Å². The van der Waals surface area contributed by atoms with Crippen molar-refractivity contribution in [2.45, 2.75) is 75.9 Å². The van der Waals surface area contributed by atoms with Gasteiger partial charge in [0, 0.05) is 6.42 Å². The van der Waals surface area contributed by atoms with Gasteiger partial charge in [-0.25, -0.2) is 0 Å². The molecule has 3 unspecified atom stereocenters. The van der Waals surface area contributed by atoms with Crippen LogP contribution in [-0.2, 0) is 9.53 Å². The van der Waals surface area contributed by atoms with Crippen LogP contribution < -0.4 is 0 Å². The summed E-state index contributed by atoms with van der Waals surface area (Å²) in [6.45, 7) is 2.20. The van der Waals surface area contributed by atoms with E-state index in [-0.39, 0.29) is 11.7 Å². The fourth-order valence-corrected chi connectivity index (χ4v) is 5.27. The SMILES string of the molecule is CCCC(CC(=O)C1OC12CC1CCC2CC1)c1ccccc1. The molecule has 1 saturated heterocycles. The van der Waals surface area contributed by atoms with Gasteiger partial charge >= 0.3 is 0 Å². The Morgan fingerprint density at radius 2 is 1.96 bits per heavy atom. The molecule has 2 heteroatoms. The Bertz CT molecular complexity index is 558. The Labute approximate surface area is 139 Å². The smallest absolute Gasteiger partial charge is 0.165 e. The lowest BCUT2D eigenvalue weighted by atomic mass is 9.63. The van der Waals surface area contributed by atoms with Crippen LogP contribution in [0.4, 0.5) is 0 Å². The zero-order valence-electron chi connectivity index (χ0n) is 14.2. The molecule has 0 amide bonds. The van der Waals surface area contributed by atoms with Gasteiger partial charge in [0.25, 0.3) is 0 Å². The van der Waals surface area contributed by atoms with E-state index in [1.165, 1.54) is 31.2 Å². The van der Waals surface area contributed by atoms with Crippen molar-refractivity contribution in [3.05, 3.63) is 35.9 Å². The Kier molecular flexibility index (Phi) is 4.05. The number of carbonyl (C=O) groups excluding carboxylic acids is 1. The molecule has 1 spiro atoms. The highest BCUT2D eigenvalue weighted by molar-refractivity contribution is 5.87. The van der Waals surface area contributed by atoms with Crippen LogP contribution in [0.3, 0.4) is 0 Å². The van der Waals surface area contributed by atoms with Gasteiger partial charge in [0.15, 0.2) is 5.78 Å². The molecule has 3 saturated carbocycles. The number of ketones is 1. The third-order valence-corrected chi connectivity index (χ3v) is 6.52. The number of ether oxygens (including phenoxy) is 1. The van der Waals surface area contributed by atoms with E-state index in [0.717, 1.165) is 25.2 Å². The van der Waals surface area contributed by atoms with Gasteiger partial charge in [0.1, 0.15) is 11.7 Å². The molecule has 3 aliphatic carbocycles. The Morgan fingerprint density at radius 1 is 1.22 bits per heavy atom. The number of benzene rings is 1. The van der Waals surface area contributed by atoms with Crippen molar-refractivity contribution in [3.63, 3.8) is 0 Å². The standard InChI is InChI=1S/C21H28O2/c1-2-6-17(16-7-4-3-5-8-16)13-19(22)20-21(23-20)14-15-9-11-18(21)12-10-15/h3-5,7-8,15,17-18,20H,2,6,9-14H2,1H3. The first-order valence-electron chi connectivity index (χ1n) is 9.48. The van der Waals surface area contributed by atoms with Gasteiger partial charge in [-0.05, 0) is 61.8 Å². The summed E-state index contributed by atoms with van der Waals surface area (Å²) in [6, 6.07) is 10.5. The monoisotopic (exact) mass is 312 g/mol. The predicted molar refractivity (Wildman–Crippen MR) is 91.4 cm³/mol. The van der Waals surface area contributed by atoms with Crippen LogP contribution in [-0.4, -0.2) is 17.5 Å². The van der Waals surface area contributed by atoms with Gasteiger partial charge in [-0.3, -0.25) is 4.79 Å². The van der Waals surface area contributed by atoms with Gasteiger partial charge in [-0.1, -0.05) is 43.7 Å². The molecular formula is C21H28O2. The minimum absolute atomic E-state index is 0.0360. The van der Waals surface area contributed by atoms with Gasteiger partial charge in [-0.2, -0.15) is 0 Å². The highest BCUT2D eigenvalue weighted by Crippen LogP contribution is 2.59. The van der Waals surface area contributed by atoms with Crippen LogP contribution >= 0.6 is 0 Å². The van der Waals surface area contributed by atoms with E-state index in [1.807, 2.05) is 6.07 Å². The number of Topliss-reactive ketones (excluding diaryl/α,β-unsaturated/α-hetero) is 1. The largest absolute Gasteiger partial charge is 0.357 e. The van der Waals surface area contributed by atoms with Gasteiger partial charge < -0.3 is 4.74 Å². The molecule has 2 nitrogen and oxygen atoms in total. The number of hydrogen-bond donors (Lipinski definition) is 0. The maximum Gasteiger partial charge on any atom is 0.165 e. The molecule has 0 aromatic heterocycles. The molecule has 1 aliphatic heterocycles. The Morgan fingerprint density at radius 3 is 2.57 bits per heavy atom. The number of fused-ring (bicyclic) bond motifs is 2. The lowest BCUT2D eigenvalue weighted by molar-refractivity contribution is -0.120. The fraction of sp³-hybridized carbons (Fsp3) is 0.667. The summed E-state index contributed by atoms with van der Waals surface area (Å²) in [4.78, 5) is 12.9. The third-order valence-electron chi connectivity index (χ3n) is 6.52. The lowest BCUT2D eigenvalue weighted by Gasteiger charge is -2.41. The highest BCUT2D eigenvalue weighted by atomic mass is 16.6. The van der Waals surface area contributed by atoms with E-state index in [2.05, 4.69) is 31.2 Å². The van der Waals surface area contributed by atoms with Crippen LogP contribution in [0.2, 0.25) is 0 Å². The highest BCUT2D eigenvalue weighted by Gasteiger charge is 2.67. The molecule has 124 valence electrons. The first kappa shape index (κ1) is 15.4. The molecule has 4 fully saturated rings. The first-order valence-corrected chi connectivity index (χ1v) is 9.48. The fourth-order valence-electron chi connectivity index (χ4n) is 5.27. The maximum absolute atomic E-state index is 12.9. The van der Waals surface area contributed by atoms with E-state index in [4.69, 9.17) is 4.74 Å². The van der Waals surface area contributed by atoms with Crippen molar-refractivity contribution in [3.8, 4) is 0 Å². The summed E-state index contributed by atoms with van der Waals surface area (Å²) in [6.07, 6.45) is 9.21. The van der Waals surface area contributed by atoms with Gasteiger partial charge in [-0.15, -0.1) is 0 Å². The minimum atomic E-state index is -0.0846. The van der Waals surface area contributed by atoms with E-state index >= 15 is 0 Å². The molecular weight excluding hydrogens is 284 g/mol. The quantitative estimate of drug-likeness (QED) is 0.701. The molecule has 2 bridgehead atoms. The van der Waals surface area contributed by atoms with Crippen molar-refractivity contribution in [1.29, 1.82) is 0 Å². The topological polar surface area (TPSA) is 29.6 Å². The number of epoxide rings is 1. The van der Waals surface area contributed by atoms with Crippen molar-refractivity contribution in [1.82, 2.24) is 0 Å². The summed E-state index contributed by atoms with van der Waals surface area (Å²) >= 11 is 0. The number of hydrogen-bond acceptors (Lipinski definition) is 2. The summed E-state index contributed by atoms with van der Waals surface area (Å²) < 4.78 is 6.11. The second-order valence-electron chi connectivity index (χ2n) is 7.94. The molecule has 3 atom stereocenters. The molecule has 4 aliphatic rings. The maximum atomic E-state index is 12.9. The summed E-state index contributed by atoms with van der Waals surface area (Å²) in [5, 5.41) is 0. The van der Waals surface area contributed by atoms with Crippen LogP contribution in [0.1, 0.15) is 69.8 Å². The number of carbonyl (C=O) groups is 1. The molecule has 5 rings (SSSR count). The normalized spacial score (nSPS) is 36.1. The van der Waals surface area contributed by atoms with Gasteiger partial charge in [0.05, 0.1) is 0 Å². The second kappa shape index (κ2) is 6.05. The molecule has 1 aromatic carbocycles. The van der Waals surface area contributed by atoms with E-state index in [1.54, 1.807) is 0 Å². The van der Waals surface area contributed by atoms with Gasteiger partial charge in [0.2, 0.25) is 0 Å². The lowest BCUT2D eigenvalue weighted by Crippen LogP contribution is -2.41. The predicted octanol–water partition coefficient (Wildman–Crippen LogP) is 4.88. The first-order chi connectivity index (χ1) is 11.2. The molecule has 1 heterocycles. The van der Waals surface area contributed by atoms with Crippen LogP contribution in [0.5, 0.6) is 0 Å². The zero-order valence-corrected chi connectivity index (χ0v) is 14.2. The van der Waals surface area contributed by atoms with Crippen molar-refractivity contribution in [2.75, 3.05) is 0 Å². The average molecular weight is 312 g/mol. The van der Waals surface area contributed by atoms with Crippen LogP contribution in [0.15, 0.2) is 30.3 Å². The molecule has 23 heavy (non-hydrogen) atoms. The van der Waals surface area contributed by atoms with Crippen molar-refractivity contribution < 1.29 is 9.53 Å². The van der Waals surface area contributed by atoms with Crippen LogP contribution in [0, 0.1) is 11.8 Å². The zero-order chi connectivity index (χ0) is 15.9. The number of rotatable bonds is 6. The molecule has 0 radical (unpaired) electrons. The average Bonchev–Trinajstić information content (AvgIpc) is 3.30. The molecule has 0 N–H and O–H groups in total. The van der Waals surface area contributed by atoms with Crippen molar-refractivity contribution in [2.24, 2.45) is 11.8 Å². The van der Waals surface area contributed by atoms with E-state index < -0.39 is 0 Å². The summed E-state index contributed by atoms with van der Waals surface area (Å²) in [7, 11) is 0.